The number of anilines is 1. The van der Waals surface area contributed by atoms with Gasteiger partial charge < -0.3 is 5.32 Å². The van der Waals surface area contributed by atoms with Crippen LogP contribution in [-0.4, -0.2) is 40.0 Å². The van der Waals surface area contributed by atoms with E-state index in [9.17, 15) is 12.8 Å². The minimum absolute atomic E-state index is 0.0284. The van der Waals surface area contributed by atoms with Crippen LogP contribution in [0.25, 0.3) is 22.0 Å². The molecule has 0 radical (unpaired) electrons. The lowest BCUT2D eigenvalue weighted by Gasteiger charge is -2.24. The van der Waals surface area contributed by atoms with Crippen LogP contribution in [0.5, 0.6) is 0 Å². The molecule has 0 spiro atoms. The normalized spacial score (nSPS) is 16.8. The van der Waals surface area contributed by atoms with Crippen molar-refractivity contribution in [3.63, 3.8) is 0 Å². The number of hydrogen-bond acceptors (Lipinski definition) is 5. The smallest absolute Gasteiger partial charge is 0.216 e. The van der Waals surface area contributed by atoms with Crippen molar-refractivity contribution < 1.29 is 12.8 Å². The Morgan fingerprint density at radius 2 is 1.78 bits per heavy atom. The Bertz CT molecular complexity index is 1270. The summed E-state index contributed by atoms with van der Waals surface area (Å²) < 4.78 is 41.9. The maximum absolute atomic E-state index is 14.7. The van der Waals surface area contributed by atoms with Crippen LogP contribution < -0.4 is 5.32 Å². The standard InChI is InChI=1S/C24H27FN4O2S/c1-15(2)32(30,31)29(20-7-8-20)13-18-11-16(3-9-22(18)25)17-4-10-23-21(12-17)24(27-14-26-23)28-19-5-6-19/h3-4,9-12,14-15,19-20H,5-8,13H2,1-2H3,(H,26,27,28). The summed E-state index contributed by atoms with van der Waals surface area (Å²) in [5.74, 6) is 0.420. The first-order valence-electron chi connectivity index (χ1n) is 11.1. The van der Waals surface area contributed by atoms with E-state index in [2.05, 4.69) is 15.3 Å². The summed E-state index contributed by atoms with van der Waals surface area (Å²) in [6.07, 6.45) is 5.50. The molecular weight excluding hydrogens is 427 g/mol. The fourth-order valence-electron chi connectivity index (χ4n) is 3.88. The summed E-state index contributed by atoms with van der Waals surface area (Å²) in [4.78, 5) is 8.77. The predicted molar refractivity (Wildman–Crippen MR) is 124 cm³/mol. The molecule has 2 saturated carbocycles. The number of benzene rings is 2. The summed E-state index contributed by atoms with van der Waals surface area (Å²) in [6, 6.07) is 11.3. The van der Waals surface area contributed by atoms with E-state index in [1.54, 1.807) is 32.3 Å². The van der Waals surface area contributed by atoms with Crippen LogP contribution in [0.4, 0.5) is 10.2 Å². The van der Waals surface area contributed by atoms with Crippen LogP contribution in [0.3, 0.4) is 0 Å². The Kier molecular flexibility index (Phi) is 5.37. The number of rotatable bonds is 8. The molecule has 2 aromatic carbocycles. The van der Waals surface area contributed by atoms with E-state index < -0.39 is 21.1 Å². The fraction of sp³-hybridized carbons (Fsp3) is 0.417. The number of sulfonamides is 1. The molecule has 8 heteroatoms. The van der Waals surface area contributed by atoms with Crippen molar-refractivity contribution in [2.45, 2.75) is 63.4 Å². The molecule has 6 nitrogen and oxygen atoms in total. The molecule has 0 unspecified atom stereocenters. The quantitative estimate of drug-likeness (QED) is 0.533. The zero-order chi connectivity index (χ0) is 22.5. The van der Waals surface area contributed by atoms with Gasteiger partial charge in [0.1, 0.15) is 18.0 Å². The maximum Gasteiger partial charge on any atom is 0.216 e. The number of fused-ring (bicyclic) bond motifs is 1. The van der Waals surface area contributed by atoms with Crippen molar-refractivity contribution in [3.8, 4) is 11.1 Å². The Balaban J connectivity index is 1.50. The number of hydrogen-bond donors (Lipinski definition) is 1. The summed E-state index contributed by atoms with van der Waals surface area (Å²) in [7, 11) is -3.47. The van der Waals surface area contributed by atoms with Crippen LogP contribution in [0, 0.1) is 5.82 Å². The molecule has 2 aliphatic carbocycles. The van der Waals surface area contributed by atoms with Crippen molar-refractivity contribution in [1.29, 1.82) is 0 Å². The highest BCUT2D eigenvalue weighted by Crippen LogP contribution is 2.34. The number of nitrogens with one attached hydrogen (secondary N) is 1. The van der Waals surface area contributed by atoms with Crippen LogP contribution in [-0.2, 0) is 16.6 Å². The zero-order valence-electron chi connectivity index (χ0n) is 18.3. The average Bonchev–Trinajstić information content (AvgIpc) is 3.68. The van der Waals surface area contributed by atoms with Gasteiger partial charge in [0, 0.05) is 29.6 Å². The molecule has 5 rings (SSSR count). The first kappa shape index (κ1) is 21.3. The number of halogens is 1. The molecule has 0 atom stereocenters. The van der Waals surface area contributed by atoms with E-state index in [-0.39, 0.29) is 12.6 Å². The monoisotopic (exact) mass is 454 g/mol. The van der Waals surface area contributed by atoms with Gasteiger partial charge in [0.2, 0.25) is 10.0 Å². The molecule has 0 amide bonds. The molecular formula is C24H27FN4O2S. The van der Waals surface area contributed by atoms with Gasteiger partial charge in [-0.1, -0.05) is 12.1 Å². The Labute approximate surface area is 187 Å². The third-order valence-corrected chi connectivity index (χ3v) is 8.41. The van der Waals surface area contributed by atoms with Crippen LogP contribution in [0.2, 0.25) is 0 Å². The number of nitrogens with zero attached hydrogens (tertiary/aromatic N) is 3. The summed E-state index contributed by atoms with van der Waals surface area (Å²) in [5.41, 5.74) is 2.98. The van der Waals surface area contributed by atoms with Gasteiger partial charge in [0.15, 0.2) is 0 Å². The molecule has 1 heterocycles. The fourth-order valence-corrected chi connectivity index (χ4v) is 5.36. The Hall–Kier alpha value is -2.58. The van der Waals surface area contributed by atoms with Gasteiger partial charge in [0.25, 0.3) is 0 Å². The van der Waals surface area contributed by atoms with E-state index in [0.29, 0.717) is 11.6 Å². The minimum atomic E-state index is -3.47. The van der Waals surface area contributed by atoms with E-state index >= 15 is 0 Å². The number of aromatic nitrogens is 2. The first-order valence-corrected chi connectivity index (χ1v) is 12.6. The van der Waals surface area contributed by atoms with Crippen molar-refractivity contribution in [1.82, 2.24) is 14.3 Å². The largest absolute Gasteiger partial charge is 0.367 e. The molecule has 32 heavy (non-hydrogen) atoms. The molecule has 2 aliphatic rings. The Morgan fingerprint density at radius 3 is 2.47 bits per heavy atom. The Morgan fingerprint density at radius 1 is 1.06 bits per heavy atom. The highest BCUT2D eigenvalue weighted by atomic mass is 32.2. The van der Waals surface area contributed by atoms with Crippen LogP contribution in [0.15, 0.2) is 42.7 Å². The third kappa shape index (κ3) is 4.21. The van der Waals surface area contributed by atoms with Gasteiger partial charge in [-0.15, -0.1) is 0 Å². The zero-order valence-corrected chi connectivity index (χ0v) is 19.1. The van der Waals surface area contributed by atoms with Crippen molar-refractivity contribution in [2.75, 3.05) is 5.32 Å². The van der Waals surface area contributed by atoms with Gasteiger partial charge in [-0.3, -0.25) is 0 Å². The molecule has 168 valence electrons. The van der Waals surface area contributed by atoms with E-state index in [0.717, 1.165) is 53.5 Å². The molecule has 1 aromatic heterocycles. The minimum Gasteiger partial charge on any atom is -0.367 e. The molecule has 1 N–H and O–H groups in total. The second-order valence-electron chi connectivity index (χ2n) is 9.05. The molecule has 2 fully saturated rings. The van der Waals surface area contributed by atoms with Crippen LogP contribution in [0.1, 0.15) is 45.1 Å². The second kappa shape index (κ2) is 8.08. The van der Waals surface area contributed by atoms with E-state index in [1.165, 1.54) is 10.4 Å². The van der Waals surface area contributed by atoms with E-state index in [1.807, 2.05) is 18.2 Å². The van der Waals surface area contributed by atoms with Gasteiger partial charge in [-0.2, -0.15) is 4.31 Å². The van der Waals surface area contributed by atoms with Crippen molar-refractivity contribution in [3.05, 3.63) is 54.1 Å². The predicted octanol–water partition coefficient (Wildman–Crippen LogP) is 4.71. The van der Waals surface area contributed by atoms with Crippen LogP contribution >= 0.6 is 0 Å². The highest BCUT2D eigenvalue weighted by Gasteiger charge is 2.39. The lowest BCUT2D eigenvalue weighted by atomic mass is 10.0. The first-order chi connectivity index (χ1) is 15.3. The van der Waals surface area contributed by atoms with Gasteiger partial charge in [-0.05, 0) is 74.9 Å². The molecule has 0 aliphatic heterocycles. The molecule has 3 aromatic rings. The summed E-state index contributed by atoms with van der Waals surface area (Å²) >= 11 is 0. The lowest BCUT2D eigenvalue weighted by molar-refractivity contribution is 0.387. The lowest BCUT2D eigenvalue weighted by Crippen LogP contribution is -2.37. The van der Waals surface area contributed by atoms with Gasteiger partial charge >= 0.3 is 0 Å². The van der Waals surface area contributed by atoms with Crippen molar-refractivity contribution >= 4 is 26.7 Å². The average molecular weight is 455 g/mol. The van der Waals surface area contributed by atoms with Gasteiger partial charge in [0.05, 0.1) is 10.8 Å². The topological polar surface area (TPSA) is 75.2 Å². The highest BCUT2D eigenvalue weighted by molar-refractivity contribution is 7.89. The summed E-state index contributed by atoms with van der Waals surface area (Å²) in [6.45, 7) is 3.39. The SMILES string of the molecule is CC(C)S(=O)(=O)N(Cc1cc(-c2ccc3ncnc(NC4CC4)c3c2)ccc1F)C1CC1. The second-order valence-corrected chi connectivity index (χ2v) is 11.5. The summed E-state index contributed by atoms with van der Waals surface area (Å²) in [5, 5.41) is 3.83. The third-order valence-electron chi connectivity index (χ3n) is 6.14. The van der Waals surface area contributed by atoms with E-state index in [4.69, 9.17) is 0 Å². The van der Waals surface area contributed by atoms with Gasteiger partial charge in [-0.25, -0.2) is 22.8 Å². The maximum atomic E-state index is 14.7. The van der Waals surface area contributed by atoms with Crippen molar-refractivity contribution in [2.24, 2.45) is 0 Å². The molecule has 0 saturated heterocycles. The molecule has 0 bridgehead atoms.